The number of benzene rings is 2. The first-order valence-corrected chi connectivity index (χ1v) is 9.69. The molecule has 0 fully saturated rings. The molecule has 0 spiro atoms. The Kier molecular flexibility index (Phi) is 6.29. The van der Waals surface area contributed by atoms with Crippen LogP contribution in [0.4, 0.5) is 5.69 Å². The molecule has 0 amide bonds. The van der Waals surface area contributed by atoms with Crippen molar-refractivity contribution in [3.05, 3.63) is 51.0 Å². The minimum atomic E-state index is -4.33. The number of carboxylic acids is 1. The van der Waals surface area contributed by atoms with Crippen molar-refractivity contribution in [1.82, 2.24) is 0 Å². The van der Waals surface area contributed by atoms with Crippen molar-refractivity contribution < 1.29 is 23.1 Å². The second-order valence-electron chi connectivity index (χ2n) is 5.23. The Balaban J connectivity index is 2.68. The molecule has 0 aliphatic rings. The van der Waals surface area contributed by atoms with Crippen LogP contribution in [0.5, 0.6) is 5.75 Å². The molecule has 140 valence electrons. The van der Waals surface area contributed by atoms with Crippen molar-refractivity contribution >= 4 is 56.5 Å². The van der Waals surface area contributed by atoms with Gasteiger partial charge in [-0.1, -0.05) is 34.8 Å². The third kappa shape index (κ3) is 4.01. The van der Waals surface area contributed by atoms with Crippen LogP contribution >= 0.6 is 34.8 Å². The summed E-state index contributed by atoms with van der Waals surface area (Å²) < 4.78 is 32.0. The van der Waals surface area contributed by atoms with E-state index in [1.807, 2.05) is 0 Å². The third-order valence-corrected chi connectivity index (χ3v) is 6.52. The smallest absolute Gasteiger partial charge is 0.324 e. The average molecular weight is 439 g/mol. The van der Waals surface area contributed by atoms with Gasteiger partial charge in [0.2, 0.25) is 0 Å². The van der Waals surface area contributed by atoms with E-state index < -0.39 is 22.5 Å². The topological polar surface area (TPSA) is 83.9 Å². The Morgan fingerprint density at radius 2 is 1.81 bits per heavy atom. The molecule has 0 atom stereocenters. The maximum absolute atomic E-state index is 13.1. The Morgan fingerprint density at radius 1 is 1.15 bits per heavy atom. The summed E-state index contributed by atoms with van der Waals surface area (Å²) in [6.07, 6.45) is 0. The van der Waals surface area contributed by atoms with Crippen molar-refractivity contribution in [2.24, 2.45) is 0 Å². The standard InChI is InChI=1S/C16H14Cl3NO5S/c1-9-7-10(17)3-4-11(9)20(8-14(21)22)26(23,24)13-6-5-12(25-2)15(18)16(13)19/h3-7H,8H2,1-2H3,(H,21,22). The molecule has 6 nitrogen and oxygen atoms in total. The van der Waals surface area contributed by atoms with Gasteiger partial charge in [-0.05, 0) is 42.8 Å². The number of carbonyl (C=O) groups is 1. The molecule has 0 aliphatic carbocycles. The Bertz CT molecular complexity index is 963. The molecule has 0 saturated carbocycles. The number of anilines is 1. The predicted molar refractivity (Wildman–Crippen MR) is 101 cm³/mol. The van der Waals surface area contributed by atoms with Gasteiger partial charge in [-0.2, -0.15) is 0 Å². The summed E-state index contributed by atoms with van der Waals surface area (Å²) in [5.41, 5.74) is 0.651. The summed E-state index contributed by atoms with van der Waals surface area (Å²) in [6.45, 7) is 0.818. The van der Waals surface area contributed by atoms with Crippen molar-refractivity contribution in [2.45, 2.75) is 11.8 Å². The fourth-order valence-corrected chi connectivity index (χ4v) is 4.83. The molecule has 2 aromatic carbocycles. The van der Waals surface area contributed by atoms with Crippen LogP contribution in [0.3, 0.4) is 0 Å². The lowest BCUT2D eigenvalue weighted by Crippen LogP contribution is -2.36. The number of hydrogen-bond acceptors (Lipinski definition) is 4. The van der Waals surface area contributed by atoms with E-state index in [9.17, 15) is 18.3 Å². The number of nitrogens with zero attached hydrogens (tertiary/aromatic N) is 1. The molecular formula is C16H14Cl3NO5S. The first-order chi connectivity index (χ1) is 12.1. The molecule has 0 heterocycles. The highest BCUT2D eigenvalue weighted by Crippen LogP contribution is 2.39. The Labute approximate surface area is 165 Å². The van der Waals surface area contributed by atoms with E-state index in [0.29, 0.717) is 10.6 Å². The maximum atomic E-state index is 13.1. The summed E-state index contributed by atoms with van der Waals surface area (Å²) in [5, 5.41) is 9.25. The monoisotopic (exact) mass is 437 g/mol. The molecule has 2 aromatic rings. The fraction of sp³-hybridized carbons (Fsp3) is 0.188. The van der Waals surface area contributed by atoms with Crippen molar-refractivity contribution in [2.75, 3.05) is 18.0 Å². The summed E-state index contributed by atoms with van der Waals surface area (Å²) in [6, 6.07) is 6.98. The van der Waals surface area contributed by atoms with Gasteiger partial charge < -0.3 is 9.84 Å². The molecule has 10 heteroatoms. The van der Waals surface area contributed by atoms with Gasteiger partial charge in [0.15, 0.2) is 0 Å². The number of aliphatic carboxylic acids is 1. The van der Waals surface area contributed by atoms with E-state index in [1.165, 1.54) is 37.4 Å². The number of hydrogen-bond donors (Lipinski definition) is 1. The maximum Gasteiger partial charge on any atom is 0.324 e. The number of carboxylic acid groups (broad SMARTS) is 1. The summed E-state index contributed by atoms with van der Waals surface area (Å²) >= 11 is 18.0. The first kappa shape index (κ1) is 20.6. The number of sulfonamides is 1. The Hall–Kier alpha value is -1.67. The SMILES string of the molecule is COc1ccc(S(=O)(=O)N(CC(=O)O)c2ccc(Cl)cc2C)c(Cl)c1Cl. The van der Waals surface area contributed by atoms with Crippen molar-refractivity contribution in [3.63, 3.8) is 0 Å². The van der Waals surface area contributed by atoms with E-state index in [1.54, 1.807) is 6.92 Å². The molecule has 1 N–H and O–H groups in total. The zero-order valence-corrected chi connectivity index (χ0v) is 16.7. The summed E-state index contributed by atoms with van der Waals surface area (Å²) in [7, 11) is -2.96. The summed E-state index contributed by atoms with van der Waals surface area (Å²) in [5.74, 6) is -1.14. The normalized spacial score (nSPS) is 11.3. The quantitative estimate of drug-likeness (QED) is 0.729. The lowest BCUT2D eigenvalue weighted by molar-refractivity contribution is -0.135. The van der Waals surface area contributed by atoms with E-state index >= 15 is 0 Å². The lowest BCUT2D eigenvalue weighted by atomic mass is 10.2. The molecular weight excluding hydrogens is 425 g/mol. The molecule has 0 bridgehead atoms. The third-order valence-electron chi connectivity index (χ3n) is 3.51. The highest BCUT2D eigenvalue weighted by Gasteiger charge is 2.31. The van der Waals surface area contributed by atoms with Crippen molar-refractivity contribution in [1.29, 1.82) is 0 Å². The van der Waals surface area contributed by atoms with E-state index in [2.05, 4.69) is 0 Å². The van der Waals surface area contributed by atoms with E-state index in [-0.39, 0.29) is 26.4 Å². The summed E-state index contributed by atoms with van der Waals surface area (Å²) in [4.78, 5) is 10.9. The van der Waals surface area contributed by atoms with Gasteiger partial charge in [-0.3, -0.25) is 9.10 Å². The molecule has 0 aromatic heterocycles. The zero-order chi connectivity index (χ0) is 19.6. The molecule has 0 radical (unpaired) electrons. The van der Waals surface area contributed by atoms with E-state index in [4.69, 9.17) is 39.5 Å². The highest BCUT2D eigenvalue weighted by molar-refractivity contribution is 7.93. The largest absolute Gasteiger partial charge is 0.495 e. The van der Waals surface area contributed by atoms with Gasteiger partial charge in [0.05, 0.1) is 17.8 Å². The molecule has 0 aliphatic heterocycles. The zero-order valence-electron chi connectivity index (χ0n) is 13.7. The van der Waals surface area contributed by atoms with Crippen LogP contribution < -0.4 is 9.04 Å². The van der Waals surface area contributed by atoms with Crippen LogP contribution in [0.2, 0.25) is 15.1 Å². The lowest BCUT2D eigenvalue weighted by Gasteiger charge is -2.25. The number of methoxy groups -OCH3 is 1. The van der Waals surface area contributed by atoms with Gasteiger partial charge in [-0.25, -0.2) is 8.42 Å². The van der Waals surface area contributed by atoms with E-state index in [0.717, 1.165) is 4.31 Å². The van der Waals surface area contributed by atoms with Gasteiger partial charge in [-0.15, -0.1) is 0 Å². The minimum Gasteiger partial charge on any atom is -0.495 e. The number of aryl methyl sites for hydroxylation is 1. The van der Waals surface area contributed by atoms with Crippen LogP contribution in [0.15, 0.2) is 35.2 Å². The van der Waals surface area contributed by atoms with Gasteiger partial charge in [0, 0.05) is 5.02 Å². The molecule has 26 heavy (non-hydrogen) atoms. The molecule has 2 rings (SSSR count). The number of ether oxygens (including phenoxy) is 1. The van der Waals surface area contributed by atoms with Crippen LogP contribution in [-0.2, 0) is 14.8 Å². The van der Waals surface area contributed by atoms with Crippen LogP contribution in [0.25, 0.3) is 0 Å². The second-order valence-corrected chi connectivity index (χ2v) is 8.25. The highest BCUT2D eigenvalue weighted by atomic mass is 35.5. The number of halogens is 3. The fourth-order valence-electron chi connectivity index (χ4n) is 2.31. The minimum absolute atomic E-state index is 0.0849. The van der Waals surface area contributed by atoms with Crippen LogP contribution in [0.1, 0.15) is 5.56 Å². The van der Waals surface area contributed by atoms with Gasteiger partial charge in [0.25, 0.3) is 10.0 Å². The van der Waals surface area contributed by atoms with Gasteiger partial charge in [0.1, 0.15) is 22.2 Å². The molecule has 0 unspecified atom stereocenters. The second kappa shape index (κ2) is 7.92. The van der Waals surface area contributed by atoms with Crippen LogP contribution in [-0.4, -0.2) is 33.1 Å². The van der Waals surface area contributed by atoms with Crippen LogP contribution in [0, 0.1) is 6.92 Å². The Morgan fingerprint density at radius 3 is 2.35 bits per heavy atom. The molecule has 0 saturated heterocycles. The average Bonchev–Trinajstić information content (AvgIpc) is 2.55. The van der Waals surface area contributed by atoms with Gasteiger partial charge >= 0.3 is 5.97 Å². The first-order valence-electron chi connectivity index (χ1n) is 7.12. The van der Waals surface area contributed by atoms with Crippen molar-refractivity contribution in [3.8, 4) is 5.75 Å². The predicted octanol–water partition coefficient (Wildman–Crippen LogP) is 4.24. The number of rotatable bonds is 6.